The van der Waals surface area contributed by atoms with Gasteiger partial charge in [0.1, 0.15) is 11.6 Å². The summed E-state index contributed by atoms with van der Waals surface area (Å²) in [5.41, 5.74) is 0.689. The summed E-state index contributed by atoms with van der Waals surface area (Å²) in [7, 11) is 0. The first-order valence-electron chi connectivity index (χ1n) is 5.39. The van der Waals surface area contributed by atoms with Gasteiger partial charge in [-0.1, -0.05) is 22.9 Å². The van der Waals surface area contributed by atoms with Gasteiger partial charge in [0.2, 0.25) is 0 Å². The minimum absolute atomic E-state index is 0.508. The Balaban J connectivity index is 2.62. The highest BCUT2D eigenvalue weighted by atomic mass is 79.9. The van der Waals surface area contributed by atoms with Gasteiger partial charge in [0.05, 0.1) is 0 Å². The van der Waals surface area contributed by atoms with E-state index < -0.39 is 11.6 Å². The molecule has 0 bridgehead atoms. The summed E-state index contributed by atoms with van der Waals surface area (Å²) in [5.74, 6) is -1.02. The summed E-state index contributed by atoms with van der Waals surface area (Å²) in [6.45, 7) is 4.45. The van der Waals surface area contributed by atoms with Crippen molar-refractivity contribution >= 4 is 15.9 Å². The first-order chi connectivity index (χ1) is 7.65. The molecule has 0 aliphatic heterocycles. The molecule has 1 aromatic rings. The Morgan fingerprint density at radius 3 is 2.31 bits per heavy atom. The van der Waals surface area contributed by atoms with E-state index in [9.17, 15) is 8.78 Å². The molecule has 0 amide bonds. The largest absolute Gasteiger partial charge is 0.299 e. The highest BCUT2D eigenvalue weighted by Gasteiger charge is 2.06. The van der Waals surface area contributed by atoms with E-state index >= 15 is 0 Å². The first kappa shape index (κ1) is 13.6. The fourth-order valence-electron chi connectivity index (χ4n) is 1.59. The van der Waals surface area contributed by atoms with Gasteiger partial charge in [0, 0.05) is 17.9 Å². The quantitative estimate of drug-likeness (QED) is 0.724. The van der Waals surface area contributed by atoms with Gasteiger partial charge in [0.15, 0.2) is 0 Å². The Morgan fingerprint density at radius 1 is 1.19 bits per heavy atom. The van der Waals surface area contributed by atoms with Crippen molar-refractivity contribution in [2.45, 2.75) is 19.9 Å². The van der Waals surface area contributed by atoms with Crippen LogP contribution in [0.2, 0.25) is 0 Å². The standard InChI is InChI=1S/C12H16BrF2N/c1-2-16(5-3-4-13)9-10-6-11(14)8-12(15)7-10/h6-8H,2-5,9H2,1H3. The lowest BCUT2D eigenvalue weighted by Gasteiger charge is -2.19. The van der Waals surface area contributed by atoms with Crippen molar-refractivity contribution < 1.29 is 8.78 Å². The molecule has 0 saturated carbocycles. The van der Waals surface area contributed by atoms with E-state index in [-0.39, 0.29) is 0 Å². The summed E-state index contributed by atoms with van der Waals surface area (Å²) in [4.78, 5) is 2.16. The molecular formula is C12H16BrF2N. The lowest BCUT2D eigenvalue weighted by molar-refractivity contribution is 0.281. The molecule has 1 rings (SSSR count). The minimum Gasteiger partial charge on any atom is -0.299 e. The molecule has 90 valence electrons. The molecule has 0 spiro atoms. The molecule has 0 aliphatic carbocycles. The maximum absolute atomic E-state index is 13.0. The summed E-state index contributed by atoms with van der Waals surface area (Å²) >= 11 is 3.37. The zero-order valence-electron chi connectivity index (χ0n) is 9.35. The highest BCUT2D eigenvalue weighted by molar-refractivity contribution is 9.09. The molecule has 0 aromatic heterocycles. The van der Waals surface area contributed by atoms with Crippen LogP contribution in [-0.4, -0.2) is 23.3 Å². The summed E-state index contributed by atoms with van der Waals surface area (Å²) in [5, 5.41) is 0.945. The van der Waals surface area contributed by atoms with Crippen LogP contribution >= 0.6 is 15.9 Å². The summed E-state index contributed by atoms with van der Waals surface area (Å²) in [6.07, 6.45) is 1.03. The molecule has 0 heterocycles. The fraction of sp³-hybridized carbons (Fsp3) is 0.500. The van der Waals surface area contributed by atoms with Crippen molar-refractivity contribution in [2.75, 3.05) is 18.4 Å². The predicted octanol–water partition coefficient (Wildman–Crippen LogP) is 3.57. The molecule has 0 unspecified atom stereocenters. The molecule has 0 atom stereocenters. The average molecular weight is 292 g/mol. The molecule has 4 heteroatoms. The van der Waals surface area contributed by atoms with Crippen LogP contribution in [0.25, 0.3) is 0 Å². The molecule has 1 aromatic carbocycles. The summed E-state index contributed by atoms with van der Waals surface area (Å²) < 4.78 is 25.9. The Labute approximate surface area is 104 Å². The molecule has 0 N–H and O–H groups in total. The van der Waals surface area contributed by atoms with Gasteiger partial charge in [-0.15, -0.1) is 0 Å². The number of alkyl halides is 1. The van der Waals surface area contributed by atoms with E-state index in [1.165, 1.54) is 12.1 Å². The van der Waals surface area contributed by atoms with Gasteiger partial charge in [0.25, 0.3) is 0 Å². The Hall–Kier alpha value is -0.480. The van der Waals surface area contributed by atoms with E-state index in [1.54, 1.807) is 0 Å². The highest BCUT2D eigenvalue weighted by Crippen LogP contribution is 2.11. The number of hydrogen-bond acceptors (Lipinski definition) is 1. The van der Waals surface area contributed by atoms with Gasteiger partial charge < -0.3 is 0 Å². The number of nitrogens with zero attached hydrogens (tertiary/aromatic N) is 1. The number of benzene rings is 1. The van der Waals surface area contributed by atoms with Crippen LogP contribution in [0.5, 0.6) is 0 Å². The number of hydrogen-bond donors (Lipinski definition) is 0. The zero-order chi connectivity index (χ0) is 12.0. The lowest BCUT2D eigenvalue weighted by Crippen LogP contribution is -2.24. The number of rotatable bonds is 6. The Bertz CT molecular complexity index is 311. The third-order valence-corrected chi connectivity index (χ3v) is 2.94. The van der Waals surface area contributed by atoms with Crippen molar-refractivity contribution in [3.8, 4) is 0 Å². The maximum Gasteiger partial charge on any atom is 0.126 e. The molecule has 0 aliphatic rings. The van der Waals surface area contributed by atoms with Crippen molar-refractivity contribution in [1.29, 1.82) is 0 Å². The van der Waals surface area contributed by atoms with Crippen LogP contribution in [0.15, 0.2) is 18.2 Å². The van der Waals surface area contributed by atoms with Crippen LogP contribution in [0.4, 0.5) is 8.78 Å². The maximum atomic E-state index is 13.0. The average Bonchev–Trinajstić information content (AvgIpc) is 2.22. The second-order valence-electron chi connectivity index (χ2n) is 3.69. The molecule has 0 saturated heterocycles. The van der Waals surface area contributed by atoms with Crippen molar-refractivity contribution in [2.24, 2.45) is 0 Å². The predicted molar refractivity (Wildman–Crippen MR) is 65.7 cm³/mol. The van der Waals surface area contributed by atoms with Crippen molar-refractivity contribution in [1.82, 2.24) is 4.90 Å². The van der Waals surface area contributed by atoms with Gasteiger partial charge in [-0.05, 0) is 37.2 Å². The molecule has 0 fully saturated rings. The van der Waals surface area contributed by atoms with Crippen molar-refractivity contribution in [3.63, 3.8) is 0 Å². The Morgan fingerprint density at radius 2 is 1.81 bits per heavy atom. The van der Waals surface area contributed by atoms with Gasteiger partial charge in [-0.3, -0.25) is 4.90 Å². The van der Waals surface area contributed by atoms with Gasteiger partial charge in [-0.25, -0.2) is 8.78 Å². The van der Waals surface area contributed by atoms with E-state index in [0.717, 1.165) is 30.9 Å². The van der Waals surface area contributed by atoms with Gasteiger partial charge >= 0.3 is 0 Å². The van der Waals surface area contributed by atoms with E-state index in [4.69, 9.17) is 0 Å². The molecule has 1 nitrogen and oxygen atoms in total. The smallest absolute Gasteiger partial charge is 0.126 e. The summed E-state index contributed by atoms with van der Waals surface area (Å²) in [6, 6.07) is 3.68. The minimum atomic E-state index is -0.508. The van der Waals surface area contributed by atoms with Crippen LogP contribution < -0.4 is 0 Å². The van der Waals surface area contributed by atoms with Crippen molar-refractivity contribution in [3.05, 3.63) is 35.4 Å². The van der Waals surface area contributed by atoms with E-state index in [1.807, 2.05) is 6.92 Å². The third kappa shape index (κ3) is 4.58. The van der Waals surface area contributed by atoms with Crippen LogP contribution in [0, 0.1) is 11.6 Å². The molecular weight excluding hydrogens is 276 g/mol. The lowest BCUT2D eigenvalue weighted by atomic mass is 10.2. The Kier molecular flexibility index (Phi) is 5.91. The normalized spacial score (nSPS) is 11.1. The SMILES string of the molecule is CCN(CCCBr)Cc1cc(F)cc(F)c1. The monoisotopic (exact) mass is 291 g/mol. The second-order valence-corrected chi connectivity index (χ2v) is 4.48. The zero-order valence-corrected chi connectivity index (χ0v) is 10.9. The first-order valence-corrected chi connectivity index (χ1v) is 6.51. The topological polar surface area (TPSA) is 3.24 Å². The number of halogens is 3. The van der Waals surface area contributed by atoms with E-state index in [2.05, 4.69) is 20.8 Å². The van der Waals surface area contributed by atoms with Crippen LogP contribution in [0.1, 0.15) is 18.9 Å². The molecule has 16 heavy (non-hydrogen) atoms. The van der Waals surface area contributed by atoms with Gasteiger partial charge in [-0.2, -0.15) is 0 Å². The third-order valence-electron chi connectivity index (χ3n) is 2.38. The molecule has 0 radical (unpaired) electrons. The second kappa shape index (κ2) is 6.97. The van der Waals surface area contributed by atoms with E-state index in [0.29, 0.717) is 12.1 Å². The van der Waals surface area contributed by atoms with Crippen LogP contribution in [0.3, 0.4) is 0 Å². The fourth-order valence-corrected chi connectivity index (χ4v) is 1.84. The van der Waals surface area contributed by atoms with Crippen LogP contribution in [-0.2, 0) is 6.54 Å².